The van der Waals surface area contributed by atoms with Crippen LogP contribution in [0.4, 0.5) is 17.6 Å². The van der Waals surface area contributed by atoms with Gasteiger partial charge < -0.3 is 9.47 Å². The number of hydrogen-bond donors (Lipinski definition) is 0. The zero-order valence-electron chi connectivity index (χ0n) is 12.8. The molecule has 0 unspecified atom stereocenters. The van der Waals surface area contributed by atoms with Gasteiger partial charge in [0.2, 0.25) is 11.6 Å². The Bertz CT molecular complexity index is 701. The van der Waals surface area contributed by atoms with E-state index in [9.17, 15) is 17.6 Å². The largest absolute Gasteiger partial charge is 0.494 e. The minimum absolute atomic E-state index is 0.248. The lowest BCUT2D eigenvalue weighted by Gasteiger charge is -2.12. The van der Waals surface area contributed by atoms with E-state index in [2.05, 4.69) is 4.74 Å². The van der Waals surface area contributed by atoms with E-state index in [0.717, 1.165) is 24.6 Å². The van der Waals surface area contributed by atoms with Crippen LogP contribution in [0.1, 0.15) is 19.8 Å². The summed E-state index contributed by atoms with van der Waals surface area (Å²) in [6.07, 6.45) is 1.54. The van der Waals surface area contributed by atoms with Crippen LogP contribution >= 0.6 is 0 Å². The normalized spacial score (nSPS) is 10.7. The summed E-state index contributed by atoms with van der Waals surface area (Å²) >= 11 is 0. The van der Waals surface area contributed by atoms with E-state index in [1.165, 1.54) is 13.2 Å². The molecular weight excluding hydrogens is 312 g/mol. The minimum Gasteiger partial charge on any atom is -0.494 e. The van der Waals surface area contributed by atoms with E-state index in [-0.39, 0.29) is 29.2 Å². The number of benzene rings is 2. The highest BCUT2D eigenvalue weighted by Crippen LogP contribution is 2.34. The van der Waals surface area contributed by atoms with Gasteiger partial charge in [0.05, 0.1) is 13.7 Å². The summed E-state index contributed by atoms with van der Waals surface area (Å²) < 4.78 is 65.7. The summed E-state index contributed by atoms with van der Waals surface area (Å²) in [6.45, 7) is 2.18. The molecule has 0 atom stereocenters. The molecule has 23 heavy (non-hydrogen) atoms. The van der Waals surface area contributed by atoms with Gasteiger partial charge in [0.25, 0.3) is 0 Å². The van der Waals surface area contributed by atoms with Crippen molar-refractivity contribution in [3.05, 3.63) is 47.5 Å². The second-order valence-corrected chi connectivity index (χ2v) is 4.88. The van der Waals surface area contributed by atoms with Crippen LogP contribution in [0.5, 0.6) is 11.5 Å². The standard InChI is InChI=1S/C17H16F4O2/c1-3-4-9-23-13-8-6-11(15(19)17(13)21)10-5-7-12(22-2)16(20)14(10)18/h5-8H,3-4,9H2,1-2H3. The van der Waals surface area contributed by atoms with Crippen LogP contribution in [0.3, 0.4) is 0 Å². The number of ether oxygens (including phenoxy) is 2. The molecule has 0 bridgehead atoms. The van der Waals surface area contributed by atoms with Crippen LogP contribution in [-0.4, -0.2) is 13.7 Å². The monoisotopic (exact) mass is 328 g/mol. The molecule has 0 radical (unpaired) electrons. The average Bonchev–Trinajstić information content (AvgIpc) is 2.55. The summed E-state index contributed by atoms with van der Waals surface area (Å²) in [5.74, 6) is -5.65. The SMILES string of the molecule is CCCCOc1ccc(-c2ccc(OC)c(F)c2F)c(F)c1F. The second-order valence-electron chi connectivity index (χ2n) is 4.88. The molecule has 0 amide bonds. The molecule has 2 nitrogen and oxygen atoms in total. The smallest absolute Gasteiger partial charge is 0.201 e. The van der Waals surface area contributed by atoms with E-state index in [0.29, 0.717) is 6.42 Å². The van der Waals surface area contributed by atoms with E-state index in [4.69, 9.17) is 4.74 Å². The first kappa shape index (κ1) is 17.1. The number of halogens is 4. The van der Waals surface area contributed by atoms with E-state index >= 15 is 0 Å². The summed E-state index contributed by atoms with van der Waals surface area (Å²) in [6, 6.07) is 4.64. The molecule has 0 fully saturated rings. The van der Waals surface area contributed by atoms with E-state index in [1.54, 1.807) is 0 Å². The average molecular weight is 328 g/mol. The summed E-state index contributed by atoms with van der Waals surface area (Å²) in [7, 11) is 1.18. The molecule has 0 aliphatic carbocycles. The van der Waals surface area contributed by atoms with Crippen molar-refractivity contribution in [3.63, 3.8) is 0 Å². The fraction of sp³-hybridized carbons (Fsp3) is 0.294. The van der Waals surface area contributed by atoms with Crippen LogP contribution in [0, 0.1) is 23.3 Å². The first-order chi connectivity index (χ1) is 11.0. The summed E-state index contributed by atoms with van der Waals surface area (Å²) in [4.78, 5) is 0. The molecule has 2 aromatic rings. The Labute approximate surface area is 131 Å². The molecule has 0 aromatic heterocycles. The van der Waals surface area contributed by atoms with Gasteiger partial charge in [-0.05, 0) is 30.7 Å². The molecule has 2 rings (SSSR count). The third kappa shape index (κ3) is 3.41. The lowest BCUT2D eigenvalue weighted by atomic mass is 10.0. The molecule has 0 saturated heterocycles. The van der Waals surface area contributed by atoms with Crippen molar-refractivity contribution in [1.29, 1.82) is 0 Å². The van der Waals surface area contributed by atoms with Crippen LogP contribution in [0.2, 0.25) is 0 Å². The molecular formula is C17H16F4O2. The first-order valence-electron chi connectivity index (χ1n) is 7.14. The van der Waals surface area contributed by atoms with Crippen LogP contribution in [0.15, 0.2) is 24.3 Å². The first-order valence-corrected chi connectivity index (χ1v) is 7.14. The molecule has 0 saturated carbocycles. The molecule has 0 aliphatic heterocycles. The fourth-order valence-corrected chi connectivity index (χ4v) is 2.08. The Morgan fingerprint density at radius 1 is 0.783 bits per heavy atom. The van der Waals surface area contributed by atoms with Crippen molar-refractivity contribution < 1.29 is 27.0 Å². The van der Waals surface area contributed by atoms with Gasteiger partial charge in [-0.2, -0.15) is 8.78 Å². The fourth-order valence-electron chi connectivity index (χ4n) is 2.08. The Hall–Kier alpha value is -2.24. The Morgan fingerprint density at radius 2 is 1.30 bits per heavy atom. The van der Waals surface area contributed by atoms with Gasteiger partial charge in [-0.15, -0.1) is 0 Å². The maximum absolute atomic E-state index is 14.2. The molecule has 0 spiro atoms. The highest BCUT2D eigenvalue weighted by atomic mass is 19.2. The predicted octanol–water partition coefficient (Wildman–Crippen LogP) is 5.10. The zero-order valence-corrected chi connectivity index (χ0v) is 12.8. The predicted molar refractivity (Wildman–Crippen MR) is 78.7 cm³/mol. The number of unbranched alkanes of at least 4 members (excludes halogenated alkanes) is 1. The van der Waals surface area contributed by atoms with Crippen LogP contribution < -0.4 is 9.47 Å². The Morgan fingerprint density at radius 3 is 1.83 bits per heavy atom. The zero-order chi connectivity index (χ0) is 17.0. The molecule has 0 aliphatic rings. The van der Waals surface area contributed by atoms with Crippen molar-refractivity contribution in [3.8, 4) is 22.6 Å². The van der Waals surface area contributed by atoms with Gasteiger partial charge in [0.15, 0.2) is 23.1 Å². The van der Waals surface area contributed by atoms with Gasteiger partial charge in [-0.25, -0.2) is 8.78 Å². The number of methoxy groups -OCH3 is 1. The maximum Gasteiger partial charge on any atom is 0.201 e. The molecule has 2 aromatic carbocycles. The van der Waals surface area contributed by atoms with Crippen molar-refractivity contribution in [2.24, 2.45) is 0 Å². The van der Waals surface area contributed by atoms with Gasteiger partial charge in [-0.1, -0.05) is 13.3 Å². The van der Waals surface area contributed by atoms with Gasteiger partial charge in [-0.3, -0.25) is 0 Å². The van der Waals surface area contributed by atoms with Crippen molar-refractivity contribution in [2.45, 2.75) is 19.8 Å². The number of rotatable bonds is 6. The van der Waals surface area contributed by atoms with E-state index in [1.807, 2.05) is 6.92 Å². The molecule has 124 valence electrons. The Balaban J connectivity index is 2.42. The Kier molecular flexibility index (Phi) is 5.47. The molecule has 0 heterocycles. The quantitative estimate of drug-likeness (QED) is 0.543. The van der Waals surface area contributed by atoms with Crippen molar-refractivity contribution in [1.82, 2.24) is 0 Å². The summed E-state index contributed by atoms with van der Waals surface area (Å²) in [5.41, 5.74) is -0.774. The number of hydrogen-bond acceptors (Lipinski definition) is 2. The lowest BCUT2D eigenvalue weighted by Crippen LogP contribution is -2.02. The third-order valence-corrected chi connectivity index (χ3v) is 3.36. The minimum atomic E-state index is -1.30. The maximum atomic E-state index is 14.2. The lowest BCUT2D eigenvalue weighted by molar-refractivity contribution is 0.289. The highest BCUT2D eigenvalue weighted by Gasteiger charge is 2.21. The van der Waals surface area contributed by atoms with E-state index < -0.39 is 23.3 Å². The molecule has 6 heteroatoms. The van der Waals surface area contributed by atoms with Crippen LogP contribution in [0.25, 0.3) is 11.1 Å². The van der Waals surface area contributed by atoms with Crippen molar-refractivity contribution >= 4 is 0 Å². The topological polar surface area (TPSA) is 18.5 Å². The van der Waals surface area contributed by atoms with Crippen LogP contribution in [-0.2, 0) is 0 Å². The summed E-state index contributed by atoms with van der Waals surface area (Å²) in [5, 5.41) is 0. The molecule has 0 N–H and O–H groups in total. The second kappa shape index (κ2) is 7.35. The van der Waals surface area contributed by atoms with Crippen molar-refractivity contribution in [2.75, 3.05) is 13.7 Å². The third-order valence-electron chi connectivity index (χ3n) is 3.36. The van der Waals surface area contributed by atoms with Gasteiger partial charge in [0.1, 0.15) is 0 Å². The highest BCUT2D eigenvalue weighted by molar-refractivity contribution is 5.67. The van der Waals surface area contributed by atoms with Gasteiger partial charge >= 0.3 is 0 Å². The van der Waals surface area contributed by atoms with Gasteiger partial charge in [0, 0.05) is 11.1 Å².